The van der Waals surface area contributed by atoms with Crippen LogP contribution in [-0.4, -0.2) is 48.6 Å². The fourth-order valence-corrected chi connectivity index (χ4v) is 4.44. The molecule has 1 amide bonds. The molecule has 1 heterocycles. The van der Waals surface area contributed by atoms with Crippen molar-refractivity contribution in [2.45, 2.75) is 83.7 Å². The van der Waals surface area contributed by atoms with Crippen LogP contribution in [0.25, 0.3) is 0 Å². The van der Waals surface area contributed by atoms with Gasteiger partial charge in [0.25, 0.3) is 5.91 Å². The molecule has 2 rings (SSSR count). The van der Waals surface area contributed by atoms with E-state index in [1.165, 1.54) is 17.1 Å². The molecule has 1 fully saturated rings. The van der Waals surface area contributed by atoms with Crippen molar-refractivity contribution in [3.05, 3.63) is 60.2 Å². The summed E-state index contributed by atoms with van der Waals surface area (Å²) in [5.41, 5.74) is -7.15. The second-order valence-corrected chi connectivity index (χ2v) is 11.6. The van der Waals surface area contributed by atoms with Crippen LogP contribution in [0.15, 0.2) is 54.6 Å². The average molecular weight is 546 g/mol. The predicted octanol–water partition coefficient (Wildman–Crippen LogP) is 5.74. The summed E-state index contributed by atoms with van der Waals surface area (Å²) in [5, 5.41) is 0. The molecule has 1 aromatic rings. The standard InChI is InChI=1S/C26H34F3NO6S/c1-6-7-9-16-20(36-37(33,34)26(27,28)29)17-12-13-18-25(5)23(32)35-22(24(2,3)4)30(25)21(31)19-14-10-8-11-15-19/h7-15,20,22H,6,16-18H2,1-5H3/b9-7-,13-12-/t20?,22-,25+/m1/s1. The zero-order valence-electron chi connectivity index (χ0n) is 21.6. The molecule has 3 atom stereocenters. The number of ether oxygens (including phenoxy) is 1. The Bertz CT molecular complexity index is 1110. The first-order valence-corrected chi connectivity index (χ1v) is 13.3. The predicted molar refractivity (Wildman–Crippen MR) is 133 cm³/mol. The molecule has 7 nitrogen and oxygen atoms in total. The van der Waals surface area contributed by atoms with E-state index in [4.69, 9.17) is 4.74 Å². The topological polar surface area (TPSA) is 90.0 Å². The van der Waals surface area contributed by atoms with Crippen LogP contribution < -0.4 is 0 Å². The summed E-state index contributed by atoms with van der Waals surface area (Å²) in [4.78, 5) is 27.9. The third-order valence-electron chi connectivity index (χ3n) is 5.83. The van der Waals surface area contributed by atoms with Crippen LogP contribution in [0.4, 0.5) is 13.2 Å². The van der Waals surface area contributed by atoms with Crippen molar-refractivity contribution >= 4 is 22.0 Å². The molecule has 1 saturated heterocycles. The van der Waals surface area contributed by atoms with Gasteiger partial charge in [0.05, 0.1) is 6.10 Å². The molecular formula is C26H34F3NO6S. The third kappa shape index (κ3) is 7.44. The highest BCUT2D eigenvalue weighted by molar-refractivity contribution is 7.87. The number of rotatable bonds is 10. The summed E-state index contributed by atoms with van der Waals surface area (Å²) < 4.78 is 71.6. The Morgan fingerprint density at radius 1 is 1.11 bits per heavy atom. The zero-order valence-corrected chi connectivity index (χ0v) is 22.4. The monoisotopic (exact) mass is 545 g/mol. The number of cyclic esters (lactones) is 1. The third-order valence-corrected chi connectivity index (χ3v) is 6.93. The van der Waals surface area contributed by atoms with Crippen LogP contribution in [-0.2, 0) is 23.8 Å². The number of halogens is 3. The van der Waals surface area contributed by atoms with Crippen molar-refractivity contribution in [2.24, 2.45) is 5.41 Å². The summed E-state index contributed by atoms with van der Waals surface area (Å²) in [5.74, 6) is -1.01. The second kappa shape index (κ2) is 11.8. The van der Waals surface area contributed by atoms with Gasteiger partial charge in [0, 0.05) is 11.0 Å². The molecule has 0 radical (unpaired) electrons. The molecule has 0 bridgehead atoms. The minimum absolute atomic E-state index is 0.000523. The molecular weight excluding hydrogens is 511 g/mol. The summed E-state index contributed by atoms with van der Waals surface area (Å²) in [6.07, 6.45) is 4.47. The van der Waals surface area contributed by atoms with Gasteiger partial charge in [-0.2, -0.15) is 21.6 Å². The number of carbonyl (C=O) groups excluding carboxylic acids is 2. The molecule has 11 heteroatoms. The van der Waals surface area contributed by atoms with E-state index >= 15 is 0 Å². The van der Waals surface area contributed by atoms with Gasteiger partial charge in [-0.05, 0) is 44.7 Å². The van der Waals surface area contributed by atoms with Gasteiger partial charge < -0.3 is 4.74 Å². The molecule has 0 aliphatic carbocycles. The van der Waals surface area contributed by atoms with Crippen molar-refractivity contribution in [3.63, 3.8) is 0 Å². The largest absolute Gasteiger partial charge is 0.523 e. The van der Waals surface area contributed by atoms with E-state index in [-0.39, 0.29) is 19.3 Å². The Hall–Kier alpha value is -2.66. The van der Waals surface area contributed by atoms with Crippen LogP contribution in [0.3, 0.4) is 0 Å². The molecule has 0 N–H and O–H groups in total. The quantitative estimate of drug-likeness (QED) is 0.161. The fraction of sp³-hybridized carbons (Fsp3) is 0.538. The Morgan fingerprint density at radius 2 is 1.68 bits per heavy atom. The van der Waals surface area contributed by atoms with Crippen molar-refractivity contribution in [1.29, 1.82) is 0 Å². The number of allylic oxidation sites excluding steroid dienone is 1. The Balaban J connectivity index is 2.28. The number of esters is 1. The lowest BCUT2D eigenvalue weighted by Gasteiger charge is -2.38. The molecule has 1 aliphatic rings. The summed E-state index contributed by atoms with van der Waals surface area (Å²) >= 11 is 0. The molecule has 206 valence electrons. The number of carbonyl (C=O) groups is 2. The maximum atomic E-state index is 13.5. The van der Waals surface area contributed by atoms with Gasteiger partial charge in [0.1, 0.15) is 5.54 Å². The first kappa shape index (κ1) is 30.6. The minimum Gasteiger partial charge on any atom is -0.439 e. The first-order valence-electron chi connectivity index (χ1n) is 11.9. The second-order valence-electron chi connectivity index (χ2n) is 10.1. The van der Waals surface area contributed by atoms with Crippen LogP contribution in [0.5, 0.6) is 0 Å². The number of hydrogen-bond donors (Lipinski definition) is 0. The highest BCUT2D eigenvalue weighted by Crippen LogP contribution is 2.41. The van der Waals surface area contributed by atoms with Crippen LogP contribution in [0.1, 0.15) is 70.7 Å². The summed E-state index contributed by atoms with van der Waals surface area (Å²) in [7, 11) is -5.78. The SMILES string of the molecule is CC/C=C\CC(C/C=C\C[C@@]1(C)C(=O)O[C@H](C(C)(C)C)N1C(=O)c1ccccc1)OS(=O)(=O)C(F)(F)F. The molecule has 0 aromatic heterocycles. The van der Waals surface area contributed by atoms with Crippen molar-refractivity contribution in [1.82, 2.24) is 4.90 Å². The Morgan fingerprint density at radius 3 is 2.19 bits per heavy atom. The van der Waals surface area contributed by atoms with E-state index in [0.29, 0.717) is 12.0 Å². The number of alkyl halides is 3. The van der Waals surface area contributed by atoms with Gasteiger partial charge in [-0.25, -0.2) is 4.79 Å². The van der Waals surface area contributed by atoms with Crippen molar-refractivity contribution in [2.75, 3.05) is 0 Å². The molecule has 1 unspecified atom stereocenters. The van der Waals surface area contributed by atoms with Crippen LogP contribution in [0.2, 0.25) is 0 Å². The van der Waals surface area contributed by atoms with Crippen LogP contribution >= 0.6 is 0 Å². The van der Waals surface area contributed by atoms with E-state index in [2.05, 4.69) is 4.18 Å². The molecule has 0 saturated carbocycles. The van der Waals surface area contributed by atoms with E-state index in [1.807, 2.05) is 27.7 Å². The molecule has 0 spiro atoms. The van der Waals surface area contributed by atoms with E-state index < -0.39 is 50.8 Å². The average Bonchev–Trinajstić information content (AvgIpc) is 3.07. The normalized spacial score (nSPS) is 22.1. The highest BCUT2D eigenvalue weighted by atomic mass is 32.2. The van der Waals surface area contributed by atoms with Gasteiger partial charge in [0.15, 0.2) is 6.23 Å². The Kier molecular flexibility index (Phi) is 9.75. The maximum absolute atomic E-state index is 13.5. The fourth-order valence-electron chi connectivity index (χ4n) is 3.82. The van der Waals surface area contributed by atoms with Crippen molar-refractivity contribution < 1.29 is 40.1 Å². The molecule has 1 aromatic carbocycles. The maximum Gasteiger partial charge on any atom is 0.523 e. The smallest absolute Gasteiger partial charge is 0.439 e. The van der Waals surface area contributed by atoms with E-state index in [0.717, 1.165) is 0 Å². The van der Waals surface area contributed by atoms with E-state index in [9.17, 15) is 31.2 Å². The lowest BCUT2D eigenvalue weighted by Crippen LogP contribution is -2.54. The summed E-state index contributed by atoms with van der Waals surface area (Å²) in [6, 6.07) is 8.44. The van der Waals surface area contributed by atoms with Crippen molar-refractivity contribution in [3.8, 4) is 0 Å². The Labute approximate surface area is 216 Å². The van der Waals surface area contributed by atoms with Gasteiger partial charge in [-0.15, -0.1) is 0 Å². The first-order chi connectivity index (χ1) is 17.0. The van der Waals surface area contributed by atoms with Crippen LogP contribution in [0, 0.1) is 5.41 Å². The highest BCUT2D eigenvalue weighted by Gasteiger charge is 2.57. The van der Waals surface area contributed by atoms with Gasteiger partial charge >= 0.3 is 21.6 Å². The number of amides is 1. The zero-order chi connectivity index (χ0) is 28.1. The number of nitrogens with zero attached hydrogens (tertiary/aromatic N) is 1. The number of benzene rings is 1. The summed E-state index contributed by atoms with van der Waals surface area (Å²) in [6.45, 7) is 8.91. The lowest BCUT2D eigenvalue weighted by molar-refractivity contribution is -0.148. The van der Waals surface area contributed by atoms with Gasteiger partial charge in [0.2, 0.25) is 0 Å². The molecule has 1 aliphatic heterocycles. The number of hydrogen-bond acceptors (Lipinski definition) is 6. The van der Waals surface area contributed by atoms with Gasteiger partial charge in [-0.1, -0.05) is 70.2 Å². The lowest BCUT2D eigenvalue weighted by atomic mass is 9.89. The molecule has 37 heavy (non-hydrogen) atoms. The van der Waals surface area contributed by atoms with Gasteiger partial charge in [-0.3, -0.25) is 13.9 Å². The minimum atomic E-state index is -5.78. The van der Waals surface area contributed by atoms with E-state index in [1.54, 1.807) is 49.4 Å².